The van der Waals surface area contributed by atoms with Crippen LogP contribution in [0.2, 0.25) is 0 Å². The molecule has 4 aromatic carbocycles. The minimum atomic E-state index is -0.395. The quantitative estimate of drug-likeness (QED) is 0.114. The largest absolute Gasteiger partial charge is 0.497 e. The molecule has 9 rings (SSSR count). The van der Waals surface area contributed by atoms with Gasteiger partial charge in [0.1, 0.15) is 11.5 Å². The molecule has 0 amide bonds. The Morgan fingerprint density at radius 3 is 1.18 bits per heavy atom. The number of ether oxygens (including phenoxy) is 4. The SMILES string of the molecule is CCOC(=O)c1ccc(-c2c3nc(c(C#Cc4ccc(OC)cc4)c4ccc([nH]4)c(-c4ccc(C(=O)OCC)cc4)c4nc(c(C#Cc5ccc(OC)cc5)c5ccc2[nH]5)C=C4)C=C3)cc1. The second-order valence-corrected chi connectivity index (χ2v) is 15.1. The zero-order valence-electron chi connectivity index (χ0n) is 36.6. The molecule has 66 heavy (non-hydrogen) atoms. The molecule has 2 aliphatic heterocycles. The Morgan fingerprint density at radius 2 is 0.818 bits per heavy atom. The minimum Gasteiger partial charge on any atom is -0.497 e. The molecule has 0 fully saturated rings. The molecule has 2 N–H and O–H groups in total. The van der Waals surface area contributed by atoms with Gasteiger partial charge in [-0.25, -0.2) is 19.6 Å². The number of hydrogen-bond donors (Lipinski definition) is 2. The number of carbonyl (C=O) groups excluding carboxylic acids is 2. The summed E-state index contributed by atoms with van der Waals surface area (Å²) in [5, 5.41) is 0. The van der Waals surface area contributed by atoms with Crippen molar-refractivity contribution in [3.8, 4) is 57.4 Å². The van der Waals surface area contributed by atoms with Gasteiger partial charge in [0, 0.05) is 33.3 Å². The van der Waals surface area contributed by atoms with Gasteiger partial charge < -0.3 is 28.9 Å². The standard InChI is InChI=1S/C56H42N4O6/c1-5-65-55(61)39-17-13-37(14-18-39)53-49-31-27-45(57-49)43(25-11-35-7-21-41(63-3)22-8-35)47-29-33-51(59-47)54(38-15-19-40(20-16-38)56(62)66-6-2)52-34-30-48(60-52)44(46-28-32-50(53)58-46)26-12-36-9-23-42(64-4)24-10-36/h7-10,13-24,27-34,57,60H,5-6H2,1-4H3. The van der Waals surface area contributed by atoms with E-state index in [4.69, 9.17) is 28.9 Å². The summed E-state index contributed by atoms with van der Waals surface area (Å²) in [6.45, 7) is 4.11. The van der Waals surface area contributed by atoms with E-state index < -0.39 is 11.9 Å². The summed E-state index contributed by atoms with van der Waals surface area (Å²) in [5.74, 6) is 14.3. The van der Waals surface area contributed by atoms with Crippen molar-refractivity contribution in [3.05, 3.63) is 177 Å². The average molecular weight is 867 g/mol. The lowest BCUT2D eigenvalue weighted by atomic mass is 10.0. The zero-order valence-corrected chi connectivity index (χ0v) is 36.6. The molecule has 3 aromatic heterocycles. The number of aromatic amines is 2. The number of carbonyl (C=O) groups is 2. The Bertz CT molecular complexity index is 3140. The van der Waals surface area contributed by atoms with E-state index in [-0.39, 0.29) is 13.2 Å². The molecule has 0 spiro atoms. The van der Waals surface area contributed by atoms with Gasteiger partial charge in [0.05, 0.1) is 83.5 Å². The van der Waals surface area contributed by atoms with Crippen LogP contribution >= 0.6 is 0 Å². The van der Waals surface area contributed by atoms with Crippen molar-refractivity contribution in [2.75, 3.05) is 27.4 Å². The maximum Gasteiger partial charge on any atom is 0.338 e. The van der Waals surface area contributed by atoms with E-state index in [1.807, 2.05) is 121 Å². The fourth-order valence-corrected chi connectivity index (χ4v) is 7.67. The fourth-order valence-electron chi connectivity index (χ4n) is 7.67. The highest BCUT2D eigenvalue weighted by atomic mass is 16.5. The Morgan fingerprint density at radius 1 is 0.455 bits per heavy atom. The molecule has 322 valence electrons. The van der Waals surface area contributed by atoms with Gasteiger partial charge in [-0.05, 0) is 146 Å². The molecule has 10 nitrogen and oxygen atoms in total. The topological polar surface area (TPSA) is 128 Å². The van der Waals surface area contributed by atoms with E-state index in [2.05, 4.69) is 33.6 Å². The zero-order chi connectivity index (χ0) is 45.6. The van der Waals surface area contributed by atoms with E-state index >= 15 is 0 Å². The molecule has 0 aliphatic carbocycles. The molecule has 0 radical (unpaired) electrons. The molecular formula is C56H42N4O6. The van der Waals surface area contributed by atoms with Gasteiger partial charge in [-0.2, -0.15) is 0 Å². The predicted molar refractivity (Wildman–Crippen MR) is 260 cm³/mol. The molecule has 7 aromatic rings. The highest BCUT2D eigenvalue weighted by molar-refractivity contribution is 5.97. The highest BCUT2D eigenvalue weighted by Gasteiger charge is 2.18. The molecule has 10 heteroatoms. The summed E-state index contributed by atoms with van der Waals surface area (Å²) in [5.41, 5.74) is 12.7. The molecule has 8 bridgehead atoms. The summed E-state index contributed by atoms with van der Waals surface area (Å²) in [7, 11) is 3.26. The Balaban J connectivity index is 1.36. The van der Waals surface area contributed by atoms with Gasteiger partial charge in [0.15, 0.2) is 0 Å². The van der Waals surface area contributed by atoms with E-state index in [1.165, 1.54) is 0 Å². The van der Waals surface area contributed by atoms with Crippen LogP contribution in [0.1, 0.15) is 79.6 Å². The maximum atomic E-state index is 12.7. The molecule has 0 saturated heterocycles. The van der Waals surface area contributed by atoms with Crippen LogP contribution in [0.5, 0.6) is 11.5 Å². The fraction of sp³-hybridized carbons (Fsp3) is 0.107. The van der Waals surface area contributed by atoms with Crippen LogP contribution in [0, 0.1) is 23.7 Å². The molecule has 0 unspecified atom stereocenters. The van der Waals surface area contributed by atoms with E-state index in [0.29, 0.717) is 45.0 Å². The lowest BCUT2D eigenvalue weighted by Crippen LogP contribution is -2.04. The minimum absolute atomic E-state index is 0.273. The first-order valence-electron chi connectivity index (χ1n) is 21.4. The van der Waals surface area contributed by atoms with Crippen LogP contribution in [0.25, 0.3) is 68.6 Å². The molecule has 2 aliphatic rings. The van der Waals surface area contributed by atoms with Crippen molar-refractivity contribution in [2.45, 2.75) is 13.8 Å². The van der Waals surface area contributed by atoms with Gasteiger partial charge in [0.2, 0.25) is 0 Å². The van der Waals surface area contributed by atoms with Crippen molar-refractivity contribution >= 4 is 58.3 Å². The van der Waals surface area contributed by atoms with Crippen LogP contribution in [0.4, 0.5) is 0 Å². The van der Waals surface area contributed by atoms with E-state index in [9.17, 15) is 9.59 Å². The third kappa shape index (κ3) is 8.85. The van der Waals surface area contributed by atoms with E-state index in [0.717, 1.165) is 66.9 Å². The van der Waals surface area contributed by atoms with Gasteiger partial charge in [-0.15, -0.1) is 0 Å². The van der Waals surface area contributed by atoms with Gasteiger partial charge in [0.25, 0.3) is 0 Å². The summed E-state index contributed by atoms with van der Waals surface area (Å²) in [6.07, 6.45) is 7.87. The number of hydrogen-bond acceptors (Lipinski definition) is 8. The number of aromatic nitrogens is 4. The smallest absolute Gasteiger partial charge is 0.338 e. The predicted octanol–water partition coefficient (Wildman–Crippen LogP) is 11.2. The molecule has 0 saturated carbocycles. The average Bonchev–Trinajstić information content (AvgIpc) is 4.21. The number of esters is 2. The van der Waals surface area contributed by atoms with Crippen LogP contribution in [-0.2, 0) is 9.47 Å². The normalized spacial score (nSPS) is 11.2. The third-order valence-corrected chi connectivity index (χ3v) is 11.0. The van der Waals surface area contributed by atoms with Crippen LogP contribution < -0.4 is 9.47 Å². The van der Waals surface area contributed by atoms with Crippen LogP contribution in [-0.4, -0.2) is 59.3 Å². The van der Waals surface area contributed by atoms with Crippen molar-refractivity contribution in [1.29, 1.82) is 0 Å². The molecule has 0 atom stereocenters. The summed E-state index contributed by atoms with van der Waals surface area (Å²) < 4.78 is 21.4. The number of nitrogens with zero attached hydrogens (tertiary/aromatic N) is 2. The van der Waals surface area contributed by atoms with E-state index in [1.54, 1.807) is 52.3 Å². The summed E-state index contributed by atoms with van der Waals surface area (Å²) in [4.78, 5) is 43.3. The number of methoxy groups -OCH3 is 2. The van der Waals surface area contributed by atoms with Crippen molar-refractivity contribution in [2.24, 2.45) is 0 Å². The van der Waals surface area contributed by atoms with Gasteiger partial charge in [-0.1, -0.05) is 47.9 Å². The monoisotopic (exact) mass is 866 g/mol. The molecule has 5 heterocycles. The third-order valence-electron chi connectivity index (χ3n) is 11.0. The van der Waals surface area contributed by atoms with Gasteiger partial charge in [-0.3, -0.25) is 0 Å². The number of benzene rings is 4. The first kappa shape index (κ1) is 42.4. The molecular weight excluding hydrogens is 825 g/mol. The highest BCUT2D eigenvalue weighted by Crippen LogP contribution is 2.35. The maximum absolute atomic E-state index is 12.7. The van der Waals surface area contributed by atoms with Crippen molar-refractivity contribution in [3.63, 3.8) is 0 Å². The Kier molecular flexibility index (Phi) is 12.1. The van der Waals surface area contributed by atoms with Gasteiger partial charge >= 0.3 is 11.9 Å². The number of fused-ring (bicyclic) bond motifs is 8. The Labute approximate surface area is 381 Å². The second kappa shape index (κ2) is 18.9. The summed E-state index contributed by atoms with van der Waals surface area (Å²) in [6, 6.07) is 37.8. The second-order valence-electron chi connectivity index (χ2n) is 15.1. The lowest BCUT2D eigenvalue weighted by molar-refractivity contribution is 0.0517. The number of H-pyrrole nitrogens is 2. The number of rotatable bonds is 8. The summed E-state index contributed by atoms with van der Waals surface area (Å²) >= 11 is 0. The Hall–Kier alpha value is -8.86. The van der Waals surface area contributed by atoms with Crippen molar-refractivity contribution < 1.29 is 28.5 Å². The van der Waals surface area contributed by atoms with Crippen LogP contribution in [0.3, 0.4) is 0 Å². The lowest BCUT2D eigenvalue weighted by Gasteiger charge is -2.07. The van der Waals surface area contributed by atoms with Crippen molar-refractivity contribution in [1.82, 2.24) is 19.9 Å². The van der Waals surface area contributed by atoms with Crippen LogP contribution in [0.15, 0.2) is 121 Å². The first-order valence-corrected chi connectivity index (χ1v) is 21.4. The number of nitrogens with one attached hydrogen (secondary N) is 2. The first-order chi connectivity index (χ1) is 32.3.